The van der Waals surface area contributed by atoms with E-state index in [0.717, 1.165) is 55.8 Å². The molecule has 0 spiro atoms. The van der Waals surface area contributed by atoms with Gasteiger partial charge in [-0.2, -0.15) is 5.10 Å². The molecule has 150 valence electrons. The molecule has 1 fully saturated rings. The van der Waals surface area contributed by atoms with Gasteiger partial charge < -0.3 is 5.32 Å². The van der Waals surface area contributed by atoms with E-state index in [1.807, 2.05) is 19.9 Å². The van der Waals surface area contributed by atoms with Crippen LogP contribution < -0.4 is 5.32 Å². The lowest BCUT2D eigenvalue weighted by molar-refractivity contribution is 0.0871. The average Bonchev–Trinajstić information content (AvgIpc) is 3.32. The van der Waals surface area contributed by atoms with Crippen LogP contribution in [0.2, 0.25) is 0 Å². The van der Waals surface area contributed by atoms with Crippen LogP contribution in [0.3, 0.4) is 0 Å². The van der Waals surface area contributed by atoms with Crippen LogP contribution in [0.5, 0.6) is 0 Å². The molecular weight excluding hydrogens is 362 g/mol. The van der Waals surface area contributed by atoms with Crippen LogP contribution in [0.1, 0.15) is 45.8 Å². The van der Waals surface area contributed by atoms with Crippen LogP contribution in [-0.4, -0.2) is 50.6 Å². The Morgan fingerprint density at radius 2 is 1.90 bits per heavy atom. The van der Waals surface area contributed by atoms with Crippen molar-refractivity contribution in [3.05, 3.63) is 64.6 Å². The van der Waals surface area contributed by atoms with Crippen LogP contribution in [0, 0.1) is 13.8 Å². The van der Waals surface area contributed by atoms with Crippen molar-refractivity contribution in [1.29, 1.82) is 0 Å². The SMILES string of the molecule is Cc1cc(C)n2nc(C(=O)NC3CCCN(C4Cc5ccccc5C4)C3)cc2n1. The van der Waals surface area contributed by atoms with E-state index in [2.05, 4.69) is 44.6 Å². The van der Waals surface area contributed by atoms with Crippen molar-refractivity contribution in [3.63, 3.8) is 0 Å². The number of aromatic nitrogens is 3. The minimum absolute atomic E-state index is 0.103. The van der Waals surface area contributed by atoms with E-state index in [0.29, 0.717) is 11.7 Å². The van der Waals surface area contributed by atoms with Crippen molar-refractivity contribution < 1.29 is 4.79 Å². The van der Waals surface area contributed by atoms with Gasteiger partial charge >= 0.3 is 0 Å². The zero-order valence-electron chi connectivity index (χ0n) is 17.1. The first-order valence-corrected chi connectivity index (χ1v) is 10.5. The lowest BCUT2D eigenvalue weighted by atomic mass is 10.0. The first-order chi connectivity index (χ1) is 14.1. The number of hydrogen-bond donors (Lipinski definition) is 1. The summed E-state index contributed by atoms with van der Waals surface area (Å²) in [7, 11) is 0. The summed E-state index contributed by atoms with van der Waals surface area (Å²) >= 11 is 0. The quantitative estimate of drug-likeness (QED) is 0.748. The van der Waals surface area contributed by atoms with Crippen molar-refractivity contribution >= 4 is 11.6 Å². The molecule has 1 N–H and O–H groups in total. The van der Waals surface area contributed by atoms with E-state index in [1.54, 1.807) is 10.6 Å². The molecule has 0 bridgehead atoms. The number of nitrogens with zero attached hydrogens (tertiary/aromatic N) is 4. The molecule has 5 rings (SSSR count). The molecular formula is C23H27N5O. The van der Waals surface area contributed by atoms with Gasteiger partial charge in [0.05, 0.1) is 0 Å². The van der Waals surface area contributed by atoms with Gasteiger partial charge in [0.25, 0.3) is 5.91 Å². The fraction of sp³-hybridized carbons (Fsp3) is 0.435. The van der Waals surface area contributed by atoms with Gasteiger partial charge in [-0.15, -0.1) is 0 Å². The van der Waals surface area contributed by atoms with Crippen LogP contribution in [0.4, 0.5) is 0 Å². The van der Waals surface area contributed by atoms with Gasteiger partial charge in [-0.05, 0) is 63.3 Å². The predicted molar refractivity (Wildman–Crippen MR) is 112 cm³/mol. The Bertz CT molecular complexity index is 1050. The van der Waals surface area contributed by atoms with E-state index < -0.39 is 0 Å². The monoisotopic (exact) mass is 389 g/mol. The molecule has 1 amide bonds. The second kappa shape index (κ2) is 7.26. The van der Waals surface area contributed by atoms with E-state index in [1.165, 1.54) is 11.1 Å². The number of carbonyl (C=O) groups excluding carboxylic acids is 1. The van der Waals surface area contributed by atoms with Crippen LogP contribution in [0.25, 0.3) is 5.65 Å². The number of amides is 1. The fourth-order valence-corrected chi connectivity index (χ4v) is 4.91. The van der Waals surface area contributed by atoms with Gasteiger partial charge in [0.1, 0.15) is 0 Å². The third-order valence-electron chi connectivity index (χ3n) is 6.30. The first kappa shape index (κ1) is 18.3. The van der Waals surface area contributed by atoms with Crippen LogP contribution in [-0.2, 0) is 12.8 Å². The Hall–Kier alpha value is -2.73. The van der Waals surface area contributed by atoms with E-state index in [9.17, 15) is 4.79 Å². The lowest BCUT2D eigenvalue weighted by Gasteiger charge is -2.37. The van der Waals surface area contributed by atoms with Gasteiger partial charge in [0, 0.05) is 36.1 Å². The molecule has 2 aliphatic rings. The highest BCUT2D eigenvalue weighted by atomic mass is 16.2. The van der Waals surface area contributed by atoms with E-state index >= 15 is 0 Å². The topological polar surface area (TPSA) is 62.5 Å². The number of fused-ring (bicyclic) bond motifs is 2. The number of carbonyl (C=O) groups is 1. The Labute approximate surface area is 170 Å². The summed E-state index contributed by atoms with van der Waals surface area (Å²) in [6.07, 6.45) is 4.37. The van der Waals surface area contributed by atoms with Crippen molar-refractivity contribution in [2.75, 3.05) is 13.1 Å². The maximum atomic E-state index is 12.9. The summed E-state index contributed by atoms with van der Waals surface area (Å²) in [6, 6.07) is 13.2. The molecule has 1 unspecified atom stereocenters. The fourth-order valence-electron chi connectivity index (χ4n) is 4.91. The van der Waals surface area contributed by atoms with Gasteiger partial charge in [0.15, 0.2) is 11.3 Å². The Morgan fingerprint density at radius 3 is 2.66 bits per heavy atom. The Balaban J connectivity index is 1.26. The standard InChI is InChI=1S/C23H27N5O/c1-15-10-16(2)28-22(24-15)13-21(26-28)23(29)25-19-8-5-9-27(14-19)20-11-17-6-3-4-7-18(17)12-20/h3-4,6-7,10,13,19-20H,5,8-9,11-12,14H2,1-2H3,(H,25,29). The molecule has 1 aliphatic heterocycles. The predicted octanol–water partition coefficient (Wildman–Crippen LogP) is 2.71. The van der Waals surface area contributed by atoms with E-state index in [4.69, 9.17) is 0 Å². The third kappa shape index (κ3) is 3.53. The summed E-state index contributed by atoms with van der Waals surface area (Å²) in [4.78, 5) is 19.9. The van der Waals surface area contributed by atoms with Gasteiger partial charge in [0.2, 0.25) is 0 Å². The molecule has 1 saturated heterocycles. The summed E-state index contributed by atoms with van der Waals surface area (Å²) in [5.74, 6) is -0.103. The molecule has 1 aliphatic carbocycles. The molecule has 1 aromatic carbocycles. The lowest BCUT2D eigenvalue weighted by Crippen LogP contribution is -2.51. The van der Waals surface area contributed by atoms with Crippen molar-refractivity contribution in [3.8, 4) is 0 Å². The maximum absolute atomic E-state index is 12.9. The van der Waals surface area contributed by atoms with Gasteiger partial charge in [-0.3, -0.25) is 9.69 Å². The highest BCUT2D eigenvalue weighted by molar-refractivity contribution is 5.93. The zero-order chi connectivity index (χ0) is 20.0. The number of rotatable bonds is 3. The van der Waals surface area contributed by atoms with Crippen LogP contribution in [0.15, 0.2) is 36.4 Å². The summed E-state index contributed by atoms with van der Waals surface area (Å²) < 4.78 is 1.74. The second-order valence-corrected chi connectivity index (χ2v) is 8.48. The molecule has 3 heterocycles. The largest absolute Gasteiger partial charge is 0.347 e. The maximum Gasteiger partial charge on any atom is 0.272 e. The number of hydrogen-bond acceptors (Lipinski definition) is 4. The number of benzene rings is 1. The molecule has 29 heavy (non-hydrogen) atoms. The van der Waals surface area contributed by atoms with Crippen molar-refractivity contribution in [2.24, 2.45) is 0 Å². The van der Waals surface area contributed by atoms with Gasteiger partial charge in [-0.1, -0.05) is 24.3 Å². The third-order valence-corrected chi connectivity index (χ3v) is 6.30. The molecule has 0 saturated carbocycles. The zero-order valence-corrected chi connectivity index (χ0v) is 17.1. The normalized spacial score (nSPS) is 20.1. The Kier molecular flexibility index (Phi) is 4.59. The highest BCUT2D eigenvalue weighted by Crippen LogP contribution is 2.27. The summed E-state index contributed by atoms with van der Waals surface area (Å²) in [5.41, 5.74) is 6.04. The van der Waals surface area contributed by atoms with Gasteiger partial charge in [-0.25, -0.2) is 9.50 Å². The molecule has 6 nitrogen and oxygen atoms in total. The Morgan fingerprint density at radius 1 is 1.14 bits per heavy atom. The van der Waals surface area contributed by atoms with Crippen LogP contribution >= 0.6 is 0 Å². The molecule has 6 heteroatoms. The summed E-state index contributed by atoms with van der Waals surface area (Å²) in [5, 5.41) is 7.69. The second-order valence-electron chi connectivity index (χ2n) is 8.48. The number of aryl methyl sites for hydroxylation is 2. The minimum Gasteiger partial charge on any atom is -0.347 e. The number of likely N-dealkylation sites (tertiary alicyclic amines) is 1. The first-order valence-electron chi connectivity index (χ1n) is 10.5. The average molecular weight is 390 g/mol. The molecule has 3 aromatic rings. The molecule has 0 radical (unpaired) electrons. The molecule has 1 atom stereocenters. The minimum atomic E-state index is -0.103. The highest BCUT2D eigenvalue weighted by Gasteiger charge is 2.31. The molecule has 2 aromatic heterocycles. The smallest absolute Gasteiger partial charge is 0.272 e. The van der Waals surface area contributed by atoms with E-state index in [-0.39, 0.29) is 11.9 Å². The van der Waals surface area contributed by atoms with Crippen molar-refractivity contribution in [2.45, 2.75) is 51.6 Å². The summed E-state index contributed by atoms with van der Waals surface area (Å²) in [6.45, 7) is 5.96. The number of nitrogens with one attached hydrogen (secondary N) is 1. The van der Waals surface area contributed by atoms with Crippen molar-refractivity contribution in [1.82, 2.24) is 24.8 Å². The number of piperidine rings is 1.